The van der Waals surface area contributed by atoms with Gasteiger partial charge in [-0.3, -0.25) is 9.78 Å². The summed E-state index contributed by atoms with van der Waals surface area (Å²) < 4.78 is 1.83. The maximum atomic E-state index is 12.8. The molecule has 1 fully saturated rings. The van der Waals surface area contributed by atoms with E-state index in [0.29, 0.717) is 30.4 Å². The second-order valence-corrected chi connectivity index (χ2v) is 8.79. The number of aromatic carboxylic acids is 1. The van der Waals surface area contributed by atoms with Gasteiger partial charge in [0.1, 0.15) is 5.82 Å². The van der Waals surface area contributed by atoms with Gasteiger partial charge in [0, 0.05) is 24.6 Å². The van der Waals surface area contributed by atoms with E-state index in [-0.39, 0.29) is 11.3 Å². The maximum absolute atomic E-state index is 12.8. The number of aromatic nitrogens is 4. The van der Waals surface area contributed by atoms with Gasteiger partial charge in [-0.25, -0.2) is 14.5 Å². The van der Waals surface area contributed by atoms with Gasteiger partial charge >= 0.3 is 5.97 Å². The van der Waals surface area contributed by atoms with Crippen molar-refractivity contribution in [1.82, 2.24) is 19.7 Å². The van der Waals surface area contributed by atoms with E-state index in [1.165, 1.54) is 19.3 Å². The van der Waals surface area contributed by atoms with Crippen molar-refractivity contribution in [2.45, 2.75) is 64.8 Å². The molecule has 172 valence electrons. The zero-order valence-corrected chi connectivity index (χ0v) is 19.0. The van der Waals surface area contributed by atoms with Crippen LogP contribution in [0.1, 0.15) is 84.2 Å². The molecule has 1 aromatic carbocycles. The Balaban J connectivity index is 1.51. The van der Waals surface area contributed by atoms with Crippen LogP contribution in [0.4, 0.5) is 0 Å². The third-order valence-electron chi connectivity index (χ3n) is 6.27. The Labute approximate surface area is 193 Å². The van der Waals surface area contributed by atoms with Gasteiger partial charge < -0.3 is 5.11 Å². The van der Waals surface area contributed by atoms with E-state index in [4.69, 9.17) is 0 Å². The van der Waals surface area contributed by atoms with E-state index >= 15 is 0 Å². The molecule has 3 aromatic rings. The second-order valence-electron chi connectivity index (χ2n) is 8.79. The smallest absolute Gasteiger partial charge is 0.337 e. The van der Waals surface area contributed by atoms with Crippen LogP contribution in [-0.2, 0) is 13.0 Å². The molecule has 1 aliphatic carbocycles. The lowest BCUT2D eigenvalue weighted by molar-refractivity contribution is 0.0697. The van der Waals surface area contributed by atoms with Crippen LogP contribution in [0, 0.1) is 5.92 Å². The summed E-state index contributed by atoms with van der Waals surface area (Å²) in [6.45, 7) is 2.59. The molecule has 1 aliphatic rings. The predicted octanol–water partition coefficient (Wildman–Crippen LogP) is 5.19. The Morgan fingerprint density at radius 2 is 1.85 bits per heavy atom. The number of ketones is 1. The largest absolute Gasteiger partial charge is 0.478 e. The highest BCUT2D eigenvalue weighted by atomic mass is 16.4. The number of hydrogen-bond donors (Lipinski definition) is 1. The number of hydrogen-bond acceptors (Lipinski definition) is 5. The van der Waals surface area contributed by atoms with Gasteiger partial charge in [-0.05, 0) is 30.0 Å². The van der Waals surface area contributed by atoms with Gasteiger partial charge in [-0.1, -0.05) is 63.3 Å². The number of carboxylic acids is 1. The number of rotatable bonds is 9. The van der Waals surface area contributed by atoms with Crippen molar-refractivity contribution in [1.29, 1.82) is 0 Å². The summed E-state index contributed by atoms with van der Waals surface area (Å²) >= 11 is 0. The van der Waals surface area contributed by atoms with Crippen LogP contribution in [0.25, 0.3) is 11.3 Å². The Morgan fingerprint density at radius 3 is 2.55 bits per heavy atom. The Morgan fingerprint density at radius 1 is 1.09 bits per heavy atom. The van der Waals surface area contributed by atoms with E-state index in [1.807, 2.05) is 28.9 Å². The monoisotopic (exact) mass is 446 g/mol. The summed E-state index contributed by atoms with van der Waals surface area (Å²) in [5.41, 5.74) is 2.36. The third kappa shape index (κ3) is 5.53. The van der Waals surface area contributed by atoms with E-state index in [9.17, 15) is 14.7 Å². The zero-order chi connectivity index (χ0) is 23.2. The molecule has 7 nitrogen and oxygen atoms in total. The lowest BCUT2D eigenvalue weighted by atomic mass is 9.86. The normalized spacial score (nSPS) is 14.3. The fraction of sp³-hybridized carbons (Fsp3) is 0.423. The standard InChI is InChI=1S/C26H30N4O3/c1-2-7-23-28-25(22(31)16-18-8-4-3-5-9-18)29-30(23)17-19-11-13-20(14-12-19)24-21(26(32)33)10-6-15-27-24/h6,10-15,18H,2-5,7-9,16-17H2,1H3,(H,32,33). The highest BCUT2D eigenvalue weighted by Gasteiger charge is 2.22. The SMILES string of the molecule is CCCc1nc(C(=O)CC2CCCCC2)nn1Cc1ccc(-c2ncccc2C(=O)O)cc1. The Hall–Kier alpha value is -3.35. The number of benzene rings is 1. The second kappa shape index (κ2) is 10.5. The lowest BCUT2D eigenvalue weighted by Gasteiger charge is -2.19. The highest BCUT2D eigenvalue weighted by molar-refractivity contribution is 5.94. The maximum Gasteiger partial charge on any atom is 0.337 e. The molecule has 2 heterocycles. The third-order valence-corrected chi connectivity index (χ3v) is 6.27. The Kier molecular flexibility index (Phi) is 7.27. The molecule has 33 heavy (non-hydrogen) atoms. The molecule has 0 aliphatic heterocycles. The number of carbonyl (C=O) groups excluding carboxylic acids is 1. The number of pyridine rings is 1. The van der Waals surface area contributed by atoms with E-state index in [0.717, 1.165) is 42.6 Å². The van der Waals surface area contributed by atoms with Gasteiger partial charge in [0.05, 0.1) is 17.8 Å². The molecular formula is C26H30N4O3. The van der Waals surface area contributed by atoms with Gasteiger partial charge in [-0.2, -0.15) is 0 Å². The predicted molar refractivity (Wildman–Crippen MR) is 125 cm³/mol. The van der Waals surface area contributed by atoms with E-state index in [2.05, 4.69) is 22.0 Å². The average molecular weight is 447 g/mol. The molecule has 4 rings (SSSR count). The first kappa shape index (κ1) is 22.8. The molecule has 0 atom stereocenters. The van der Waals surface area contributed by atoms with Crippen molar-refractivity contribution in [3.63, 3.8) is 0 Å². The molecule has 0 amide bonds. The number of carboxylic acid groups (broad SMARTS) is 1. The summed E-state index contributed by atoms with van der Waals surface area (Å²) in [6, 6.07) is 10.8. The number of nitrogens with zero attached hydrogens (tertiary/aromatic N) is 4. The minimum atomic E-state index is -1.00. The first-order chi connectivity index (χ1) is 16.0. The van der Waals surface area contributed by atoms with Crippen LogP contribution in [0.15, 0.2) is 42.6 Å². The van der Waals surface area contributed by atoms with Crippen LogP contribution >= 0.6 is 0 Å². The van der Waals surface area contributed by atoms with Crippen LogP contribution in [0.5, 0.6) is 0 Å². The molecule has 0 bridgehead atoms. The summed E-state index contributed by atoms with van der Waals surface area (Å²) in [6.07, 6.45) is 9.76. The topological polar surface area (TPSA) is 98.0 Å². The minimum Gasteiger partial charge on any atom is -0.478 e. The molecular weight excluding hydrogens is 416 g/mol. The van der Waals surface area contributed by atoms with Crippen LogP contribution in [0.3, 0.4) is 0 Å². The average Bonchev–Trinajstić information content (AvgIpc) is 3.23. The molecule has 2 aromatic heterocycles. The van der Waals surface area contributed by atoms with Crippen molar-refractivity contribution in [2.24, 2.45) is 5.92 Å². The van der Waals surface area contributed by atoms with Gasteiger partial charge in [0.2, 0.25) is 11.6 Å². The fourth-order valence-electron chi connectivity index (χ4n) is 4.52. The molecule has 7 heteroatoms. The Bertz CT molecular complexity index is 1110. The van der Waals surface area contributed by atoms with Crippen molar-refractivity contribution >= 4 is 11.8 Å². The van der Waals surface area contributed by atoms with E-state index in [1.54, 1.807) is 18.3 Å². The fourth-order valence-corrected chi connectivity index (χ4v) is 4.52. The van der Waals surface area contributed by atoms with Crippen LogP contribution in [0.2, 0.25) is 0 Å². The van der Waals surface area contributed by atoms with Gasteiger partial charge in [-0.15, -0.1) is 5.10 Å². The van der Waals surface area contributed by atoms with Crippen LogP contribution < -0.4 is 0 Å². The summed E-state index contributed by atoms with van der Waals surface area (Å²) in [4.78, 5) is 33.2. The molecule has 0 saturated heterocycles. The number of carbonyl (C=O) groups is 2. The number of Topliss-reactive ketones (excluding diaryl/α,β-unsaturated/α-hetero) is 1. The zero-order valence-electron chi connectivity index (χ0n) is 19.0. The van der Waals surface area contributed by atoms with E-state index < -0.39 is 5.97 Å². The summed E-state index contributed by atoms with van der Waals surface area (Å²) in [5.74, 6) is 0.665. The highest BCUT2D eigenvalue weighted by Crippen LogP contribution is 2.27. The summed E-state index contributed by atoms with van der Waals surface area (Å²) in [5, 5.41) is 14.0. The summed E-state index contributed by atoms with van der Waals surface area (Å²) in [7, 11) is 0. The number of aryl methyl sites for hydroxylation is 1. The molecule has 0 radical (unpaired) electrons. The first-order valence-corrected chi connectivity index (χ1v) is 11.8. The molecule has 1 N–H and O–H groups in total. The lowest BCUT2D eigenvalue weighted by Crippen LogP contribution is -2.13. The van der Waals surface area contributed by atoms with Gasteiger partial charge in [0.15, 0.2) is 0 Å². The molecule has 0 unspecified atom stereocenters. The van der Waals surface area contributed by atoms with Crippen LogP contribution in [-0.4, -0.2) is 36.6 Å². The first-order valence-electron chi connectivity index (χ1n) is 11.8. The molecule has 1 saturated carbocycles. The van der Waals surface area contributed by atoms with Crippen molar-refractivity contribution in [2.75, 3.05) is 0 Å². The molecule has 0 spiro atoms. The van der Waals surface area contributed by atoms with Crippen molar-refractivity contribution in [3.05, 3.63) is 65.4 Å². The van der Waals surface area contributed by atoms with Gasteiger partial charge in [0.25, 0.3) is 0 Å². The van der Waals surface area contributed by atoms with Crippen molar-refractivity contribution < 1.29 is 14.7 Å². The quantitative estimate of drug-likeness (QED) is 0.454. The minimum absolute atomic E-state index is 0.0460. The van der Waals surface area contributed by atoms with Crippen molar-refractivity contribution in [3.8, 4) is 11.3 Å².